The van der Waals surface area contributed by atoms with E-state index in [9.17, 15) is 0 Å². The van der Waals surface area contributed by atoms with Crippen molar-refractivity contribution in [1.82, 2.24) is 5.32 Å². The molecule has 2 unspecified atom stereocenters. The molecular formula is C13H27NO2. The molecule has 1 saturated carbocycles. The highest BCUT2D eigenvalue weighted by atomic mass is 16.5. The number of aliphatic hydroxyl groups is 1. The average molecular weight is 229 g/mol. The third kappa shape index (κ3) is 4.40. The Kier molecular flexibility index (Phi) is 5.73. The quantitative estimate of drug-likeness (QED) is 0.668. The highest BCUT2D eigenvalue weighted by Gasteiger charge is 2.27. The van der Waals surface area contributed by atoms with Crippen LogP contribution in [0.15, 0.2) is 0 Å². The van der Waals surface area contributed by atoms with E-state index in [1.165, 1.54) is 25.7 Å². The van der Waals surface area contributed by atoms with E-state index in [-0.39, 0.29) is 12.1 Å². The van der Waals surface area contributed by atoms with Crippen molar-refractivity contribution in [2.75, 3.05) is 20.3 Å². The van der Waals surface area contributed by atoms with Gasteiger partial charge in [0.1, 0.15) is 0 Å². The van der Waals surface area contributed by atoms with Gasteiger partial charge < -0.3 is 15.2 Å². The first-order valence-corrected chi connectivity index (χ1v) is 6.47. The maximum Gasteiger partial charge on any atom is 0.0642 e. The fraction of sp³-hybridized carbons (Fsp3) is 1.00. The Morgan fingerprint density at radius 2 is 2.19 bits per heavy atom. The van der Waals surface area contributed by atoms with Gasteiger partial charge in [0.15, 0.2) is 0 Å². The first-order chi connectivity index (χ1) is 7.59. The molecule has 0 amide bonds. The van der Waals surface area contributed by atoms with Crippen LogP contribution in [-0.2, 0) is 4.74 Å². The van der Waals surface area contributed by atoms with Gasteiger partial charge in [-0.25, -0.2) is 0 Å². The highest BCUT2D eigenvalue weighted by Crippen LogP contribution is 2.30. The Morgan fingerprint density at radius 3 is 2.62 bits per heavy atom. The summed E-state index contributed by atoms with van der Waals surface area (Å²) in [4.78, 5) is 0. The summed E-state index contributed by atoms with van der Waals surface area (Å²) in [5, 5.41) is 12.7. The summed E-state index contributed by atoms with van der Waals surface area (Å²) in [5.74, 6) is 0.920. The molecule has 0 aromatic heterocycles. The van der Waals surface area contributed by atoms with E-state index in [4.69, 9.17) is 9.84 Å². The third-order valence-corrected chi connectivity index (χ3v) is 3.63. The lowest BCUT2D eigenvalue weighted by Crippen LogP contribution is -2.51. The normalized spacial score (nSPS) is 22.5. The molecule has 0 aliphatic heterocycles. The number of nitrogens with one attached hydrogen (secondary N) is 1. The van der Waals surface area contributed by atoms with E-state index in [0.29, 0.717) is 12.6 Å². The number of ether oxygens (including phenoxy) is 1. The SMILES string of the molecule is COCC(C)(CCO)NC(C)CC1CCC1. The van der Waals surface area contributed by atoms with Crippen molar-refractivity contribution < 1.29 is 9.84 Å². The summed E-state index contributed by atoms with van der Waals surface area (Å²) in [7, 11) is 1.72. The Labute approximate surface area is 99.6 Å². The highest BCUT2D eigenvalue weighted by molar-refractivity contribution is 4.86. The molecule has 96 valence electrons. The van der Waals surface area contributed by atoms with Crippen LogP contribution in [0.25, 0.3) is 0 Å². The largest absolute Gasteiger partial charge is 0.396 e. The second-order valence-electron chi connectivity index (χ2n) is 5.55. The van der Waals surface area contributed by atoms with E-state index in [2.05, 4.69) is 19.2 Å². The first kappa shape index (κ1) is 13.9. The van der Waals surface area contributed by atoms with Crippen LogP contribution in [0.3, 0.4) is 0 Å². The zero-order chi connectivity index (χ0) is 12.0. The van der Waals surface area contributed by atoms with Crippen LogP contribution in [0.2, 0.25) is 0 Å². The molecular weight excluding hydrogens is 202 g/mol. The van der Waals surface area contributed by atoms with Crippen LogP contribution < -0.4 is 5.32 Å². The molecule has 2 atom stereocenters. The smallest absolute Gasteiger partial charge is 0.0642 e. The lowest BCUT2D eigenvalue weighted by Gasteiger charge is -2.36. The molecule has 0 bridgehead atoms. The molecule has 1 aliphatic rings. The maximum atomic E-state index is 9.09. The molecule has 0 radical (unpaired) electrons. The maximum absolute atomic E-state index is 9.09. The van der Waals surface area contributed by atoms with Gasteiger partial charge in [-0.2, -0.15) is 0 Å². The lowest BCUT2D eigenvalue weighted by atomic mass is 9.80. The van der Waals surface area contributed by atoms with E-state index < -0.39 is 0 Å². The minimum absolute atomic E-state index is 0.0906. The molecule has 0 aromatic rings. The van der Waals surface area contributed by atoms with Crippen LogP contribution in [-0.4, -0.2) is 37.0 Å². The van der Waals surface area contributed by atoms with E-state index in [0.717, 1.165) is 12.3 Å². The monoisotopic (exact) mass is 229 g/mol. The van der Waals surface area contributed by atoms with Crippen molar-refractivity contribution in [2.24, 2.45) is 5.92 Å². The van der Waals surface area contributed by atoms with Crippen molar-refractivity contribution in [3.05, 3.63) is 0 Å². The predicted molar refractivity (Wildman–Crippen MR) is 66.5 cm³/mol. The van der Waals surface area contributed by atoms with Crippen molar-refractivity contribution in [1.29, 1.82) is 0 Å². The van der Waals surface area contributed by atoms with Gasteiger partial charge in [0.25, 0.3) is 0 Å². The topological polar surface area (TPSA) is 41.5 Å². The van der Waals surface area contributed by atoms with Gasteiger partial charge in [-0.05, 0) is 32.6 Å². The zero-order valence-corrected chi connectivity index (χ0v) is 11.0. The van der Waals surface area contributed by atoms with Crippen LogP contribution >= 0.6 is 0 Å². The molecule has 0 heterocycles. The van der Waals surface area contributed by atoms with Crippen LogP contribution in [0, 0.1) is 5.92 Å². The summed E-state index contributed by atoms with van der Waals surface area (Å²) >= 11 is 0. The Bertz CT molecular complexity index is 186. The molecule has 1 aliphatic carbocycles. The van der Waals surface area contributed by atoms with Crippen molar-refractivity contribution in [2.45, 2.75) is 57.5 Å². The molecule has 1 fully saturated rings. The number of methoxy groups -OCH3 is 1. The lowest BCUT2D eigenvalue weighted by molar-refractivity contribution is 0.0865. The number of hydrogen-bond acceptors (Lipinski definition) is 3. The molecule has 0 saturated heterocycles. The third-order valence-electron chi connectivity index (χ3n) is 3.63. The fourth-order valence-corrected chi connectivity index (χ4v) is 2.63. The standard InChI is InChI=1S/C13H27NO2/c1-11(9-12-5-4-6-12)14-13(2,7-8-15)10-16-3/h11-12,14-15H,4-10H2,1-3H3. The van der Waals surface area contributed by atoms with Crippen molar-refractivity contribution >= 4 is 0 Å². The van der Waals surface area contributed by atoms with Crippen LogP contribution in [0.4, 0.5) is 0 Å². The van der Waals surface area contributed by atoms with Crippen LogP contribution in [0.5, 0.6) is 0 Å². The van der Waals surface area contributed by atoms with Crippen LogP contribution in [0.1, 0.15) is 46.0 Å². The summed E-state index contributed by atoms with van der Waals surface area (Å²) in [6.45, 7) is 5.24. The van der Waals surface area contributed by atoms with Gasteiger partial charge in [-0.1, -0.05) is 19.3 Å². The molecule has 0 aromatic carbocycles. The summed E-state index contributed by atoms with van der Waals surface area (Å²) in [5.41, 5.74) is -0.0906. The minimum atomic E-state index is -0.0906. The van der Waals surface area contributed by atoms with Crippen molar-refractivity contribution in [3.63, 3.8) is 0 Å². The number of rotatable bonds is 8. The molecule has 3 nitrogen and oxygen atoms in total. The average Bonchev–Trinajstić information content (AvgIpc) is 2.12. The molecule has 1 rings (SSSR count). The first-order valence-electron chi connectivity index (χ1n) is 6.47. The molecule has 2 N–H and O–H groups in total. The fourth-order valence-electron chi connectivity index (χ4n) is 2.63. The summed E-state index contributed by atoms with van der Waals surface area (Å²) in [6, 6.07) is 0.511. The van der Waals surface area contributed by atoms with Gasteiger partial charge in [0, 0.05) is 25.3 Å². The van der Waals surface area contributed by atoms with Gasteiger partial charge in [0.05, 0.1) is 6.61 Å². The Balaban J connectivity index is 2.33. The molecule has 16 heavy (non-hydrogen) atoms. The van der Waals surface area contributed by atoms with E-state index in [1.54, 1.807) is 7.11 Å². The van der Waals surface area contributed by atoms with Gasteiger partial charge in [0.2, 0.25) is 0 Å². The zero-order valence-electron chi connectivity index (χ0n) is 11.0. The van der Waals surface area contributed by atoms with E-state index >= 15 is 0 Å². The van der Waals surface area contributed by atoms with Gasteiger partial charge in [-0.3, -0.25) is 0 Å². The Hall–Kier alpha value is -0.120. The molecule has 3 heteroatoms. The Morgan fingerprint density at radius 1 is 1.50 bits per heavy atom. The second-order valence-corrected chi connectivity index (χ2v) is 5.55. The van der Waals surface area contributed by atoms with Gasteiger partial charge >= 0.3 is 0 Å². The minimum Gasteiger partial charge on any atom is -0.396 e. The summed E-state index contributed by atoms with van der Waals surface area (Å²) < 4.78 is 5.23. The predicted octanol–water partition coefficient (Wildman–Crippen LogP) is 1.94. The summed E-state index contributed by atoms with van der Waals surface area (Å²) in [6.07, 6.45) is 6.20. The number of hydrogen-bond donors (Lipinski definition) is 2. The number of aliphatic hydroxyl groups excluding tert-OH is 1. The van der Waals surface area contributed by atoms with Crippen molar-refractivity contribution in [3.8, 4) is 0 Å². The van der Waals surface area contributed by atoms with Gasteiger partial charge in [-0.15, -0.1) is 0 Å². The second kappa shape index (κ2) is 6.58. The molecule has 0 spiro atoms. The van der Waals surface area contributed by atoms with E-state index in [1.807, 2.05) is 0 Å².